The smallest absolute Gasteiger partial charge is 0.340 e. The molecule has 32 heavy (non-hydrogen) atoms. The zero-order chi connectivity index (χ0) is 23.0. The number of ether oxygens (including phenoxy) is 1. The number of carbonyl (C=O) groups is 3. The molecule has 166 valence electrons. The average molecular weight is 435 g/mol. The maximum atomic E-state index is 13.2. The lowest BCUT2D eigenvalue weighted by atomic mass is 9.91. The van der Waals surface area contributed by atoms with E-state index in [-0.39, 0.29) is 23.6 Å². The third kappa shape index (κ3) is 4.39. The summed E-state index contributed by atoms with van der Waals surface area (Å²) in [4.78, 5) is 42.5. The average Bonchev–Trinajstić information content (AvgIpc) is 3.54. The molecular weight excluding hydrogens is 410 g/mol. The van der Waals surface area contributed by atoms with Crippen LogP contribution in [0.3, 0.4) is 0 Å². The number of carbonyl (C=O) groups excluding carboxylic acids is 3. The first-order chi connectivity index (χ1) is 15.1. The van der Waals surface area contributed by atoms with E-state index in [0.717, 1.165) is 18.5 Å². The minimum absolute atomic E-state index is 0.164. The van der Waals surface area contributed by atoms with Crippen molar-refractivity contribution in [3.63, 3.8) is 0 Å². The van der Waals surface area contributed by atoms with Gasteiger partial charge in [0.25, 0.3) is 11.6 Å². The van der Waals surface area contributed by atoms with Crippen LogP contribution < -0.4 is 5.32 Å². The van der Waals surface area contributed by atoms with E-state index in [2.05, 4.69) is 15.5 Å². The number of ketones is 1. The van der Waals surface area contributed by atoms with E-state index in [9.17, 15) is 14.4 Å². The summed E-state index contributed by atoms with van der Waals surface area (Å²) in [7, 11) is 0. The van der Waals surface area contributed by atoms with Gasteiger partial charge in [-0.15, -0.1) is 0 Å². The number of nitrogens with one attached hydrogen (secondary N) is 1. The van der Waals surface area contributed by atoms with Crippen LogP contribution in [-0.4, -0.2) is 34.4 Å². The molecule has 0 atom stereocenters. The van der Waals surface area contributed by atoms with Crippen LogP contribution in [0.1, 0.15) is 71.6 Å². The Hall–Kier alpha value is -3.55. The molecule has 8 heteroatoms. The van der Waals surface area contributed by atoms with Crippen molar-refractivity contribution in [3.05, 3.63) is 52.8 Å². The number of hydrogen-bond acceptors (Lipinski definition) is 7. The predicted octanol–water partition coefficient (Wildman–Crippen LogP) is 4.43. The van der Waals surface area contributed by atoms with Gasteiger partial charge in [0.05, 0.1) is 27.9 Å². The number of fused-ring (bicyclic) bond motifs is 1. The SMILES string of the molecule is Cc1noc2nc(C3CC3)cc(C(=O)Nc3ccccc3C(=O)OCC(=O)C(C)(C)C)c12. The van der Waals surface area contributed by atoms with Gasteiger partial charge in [-0.3, -0.25) is 9.59 Å². The Morgan fingerprint density at radius 3 is 2.56 bits per heavy atom. The van der Waals surface area contributed by atoms with Gasteiger partial charge in [0.15, 0.2) is 12.4 Å². The van der Waals surface area contributed by atoms with Crippen molar-refractivity contribution in [2.45, 2.75) is 46.5 Å². The van der Waals surface area contributed by atoms with Crippen LogP contribution in [0.25, 0.3) is 11.1 Å². The van der Waals surface area contributed by atoms with Gasteiger partial charge in [-0.25, -0.2) is 9.78 Å². The van der Waals surface area contributed by atoms with Crippen molar-refractivity contribution in [1.82, 2.24) is 10.1 Å². The van der Waals surface area contributed by atoms with Crippen LogP contribution in [0, 0.1) is 12.3 Å². The molecule has 0 aliphatic heterocycles. The molecule has 3 aromatic rings. The molecule has 8 nitrogen and oxygen atoms in total. The van der Waals surface area contributed by atoms with Gasteiger partial charge in [0, 0.05) is 17.0 Å². The van der Waals surface area contributed by atoms with Crippen LogP contribution >= 0.6 is 0 Å². The van der Waals surface area contributed by atoms with Crippen molar-refractivity contribution < 1.29 is 23.6 Å². The van der Waals surface area contributed by atoms with Crippen LogP contribution in [0.5, 0.6) is 0 Å². The predicted molar refractivity (Wildman–Crippen MR) is 118 cm³/mol. The molecule has 0 unspecified atom stereocenters. The normalized spacial score (nSPS) is 13.8. The second kappa shape index (κ2) is 8.18. The summed E-state index contributed by atoms with van der Waals surface area (Å²) < 4.78 is 10.5. The number of rotatable bonds is 6. The topological polar surface area (TPSA) is 111 Å². The Balaban J connectivity index is 1.59. The third-order valence-corrected chi connectivity index (χ3v) is 5.44. The van der Waals surface area contributed by atoms with E-state index in [1.165, 1.54) is 0 Å². The molecule has 0 bridgehead atoms. The highest BCUT2D eigenvalue weighted by Crippen LogP contribution is 2.40. The van der Waals surface area contributed by atoms with Crippen LogP contribution in [-0.2, 0) is 9.53 Å². The molecule has 1 saturated carbocycles. The molecule has 4 rings (SSSR count). The highest BCUT2D eigenvalue weighted by Gasteiger charge is 2.29. The number of aromatic nitrogens is 2. The number of esters is 1. The molecule has 0 saturated heterocycles. The lowest BCUT2D eigenvalue weighted by Gasteiger charge is -2.17. The van der Waals surface area contributed by atoms with Crippen molar-refractivity contribution in [2.75, 3.05) is 11.9 Å². The van der Waals surface area contributed by atoms with E-state index < -0.39 is 17.3 Å². The largest absolute Gasteiger partial charge is 0.454 e. The monoisotopic (exact) mass is 435 g/mol. The number of nitrogens with zero attached hydrogens (tertiary/aromatic N) is 2. The van der Waals surface area contributed by atoms with Crippen LogP contribution in [0.15, 0.2) is 34.9 Å². The van der Waals surface area contributed by atoms with E-state index in [4.69, 9.17) is 9.26 Å². The summed E-state index contributed by atoms with van der Waals surface area (Å²) in [6, 6.07) is 8.29. The van der Waals surface area contributed by atoms with Crippen LogP contribution in [0.4, 0.5) is 5.69 Å². The number of Topliss-reactive ketones (excluding diaryl/α,β-unsaturated/α-hetero) is 1. The number of hydrogen-bond donors (Lipinski definition) is 1. The van der Waals surface area contributed by atoms with E-state index in [1.807, 2.05) is 0 Å². The summed E-state index contributed by atoms with van der Waals surface area (Å²) >= 11 is 0. The number of benzene rings is 1. The third-order valence-electron chi connectivity index (χ3n) is 5.44. The Labute approximate surface area is 185 Å². The molecule has 2 aromatic heterocycles. The number of aryl methyl sites for hydroxylation is 1. The first-order valence-electron chi connectivity index (χ1n) is 10.5. The van der Waals surface area contributed by atoms with Gasteiger partial charge in [-0.2, -0.15) is 0 Å². The molecule has 1 fully saturated rings. The number of pyridine rings is 1. The fourth-order valence-corrected chi connectivity index (χ4v) is 3.27. The zero-order valence-corrected chi connectivity index (χ0v) is 18.5. The van der Waals surface area contributed by atoms with Crippen molar-refractivity contribution >= 4 is 34.4 Å². The number of anilines is 1. The maximum Gasteiger partial charge on any atom is 0.340 e. The molecule has 1 amide bonds. The standard InChI is InChI=1S/C24H25N3O5/c1-13-20-16(11-18(14-9-10-14)26-22(20)32-27-13)21(29)25-17-8-6-5-7-15(17)23(30)31-12-19(28)24(2,3)4/h5-8,11,14H,9-10,12H2,1-4H3,(H,25,29). The summed E-state index contributed by atoms with van der Waals surface area (Å²) in [5, 5.41) is 7.29. The van der Waals surface area contributed by atoms with Gasteiger partial charge >= 0.3 is 5.97 Å². The second-order valence-corrected chi connectivity index (χ2v) is 9.07. The number of para-hydroxylation sites is 1. The van der Waals surface area contributed by atoms with Crippen molar-refractivity contribution in [3.8, 4) is 0 Å². The Morgan fingerprint density at radius 2 is 1.88 bits per heavy atom. The highest BCUT2D eigenvalue weighted by atomic mass is 16.5. The molecule has 1 aromatic carbocycles. The molecule has 1 N–H and O–H groups in total. The summed E-state index contributed by atoms with van der Waals surface area (Å²) in [6.07, 6.45) is 2.04. The van der Waals surface area contributed by atoms with Gasteiger partial charge in [-0.05, 0) is 38.0 Å². The Kier molecular flexibility index (Phi) is 5.54. The maximum absolute atomic E-state index is 13.2. The molecule has 0 radical (unpaired) electrons. The number of amides is 1. The van der Waals surface area contributed by atoms with Crippen molar-refractivity contribution in [1.29, 1.82) is 0 Å². The zero-order valence-electron chi connectivity index (χ0n) is 18.5. The summed E-state index contributed by atoms with van der Waals surface area (Å²) in [5.41, 5.74) is 1.92. The summed E-state index contributed by atoms with van der Waals surface area (Å²) in [6.45, 7) is 6.69. The van der Waals surface area contributed by atoms with Crippen LogP contribution in [0.2, 0.25) is 0 Å². The highest BCUT2D eigenvalue weighted by molar-refractivity contribution is 6.14. The van der Waals surface area contributed by atoms with E-state index >= 15 is 0 Å². The quantitative estimate of drug-likeness (QED) is 0.570. The van der Waals surface area contributed by atoms with Gasteiger partial charge in [0.1, 0.15) is 0 Å². The second-order valence-electron chi connectivity index (χ2n) is 9.07. The van der Waals surface area contributed by atoms with Crippen molar-refractivity contribution in [2.24, 2.45) is 5.41 Å². The fraction of sp³-hybridized carbons (Fsp3) is 0.375. The minimum atomic E-state index is -0.682. The fourth-order valence-electron chi connectivity index (χ4n) is 3.27. The first-order valence-corrected chi connectivity index (χ1v) is 10.5. The Bertz CT molecular complexity index is 1220. The van der Waals surface area contributed by atoms with Gasteiger partial charge in [-0.1, -0.05) is 38.1 Å². The van der Waals surface area contributed by atoms with Gasteiger partial charge in [0.2, 0.25) is 0 Å². The molecule has 1 aliphatic rings. The first kappa shape index (κ1) is 21.7. The minimum Gasteiger partial charge on any atom is -0.454 e. The van der Waals surface area contributed by atoms with Gasteiger partial charge < -0.3 is 14.6 Å². The molecule has 1 aliphatic carbocycles. The Morgan fingerprint density at radius 1 is 1.16 bits per heavy atom. The van der Waals surface area contributed by atoms with E-state index in [0.29, 0.717) is 28.3 Å². The summed E-state index contributed by atoms with van der Waals surface area (Å²) in [5.74, 6) is -0.962. The lowest BCUT2D eigenvalue weighted by molar-refractivity contribution is -0.129. The van der Waals surface area contributed by atoms with E-state index in [1.54, 1.807) is 58.0 Å². The lowest BCUT2D eigenvalue weighted by Crippen LogP contribution is -2.26. The molecule has 0 spiro atoms. The molecular formula is C24H25N3O5. The molecule has 2 heterocycles.